The van der Waals surface area contributed by atoms with E-state index in [0.29, 0.717) is 5.92 Å². The minimum atomic E-state index is 0.708. The standard InChI is InChI=1S/C49H39N3/c1-3-11-36(12-4-1)51-47-18-10-8-16-42(47)45-31-39(26-28-48(45)51)50(38-23-21-34(22-24-38)44-30-33-19-20-35(44)29-33)40-25-27-43-41-15-7-9-17-46(41)52(49(43)32-40)37-13-5-2-6-14-37/h1-18,21-28,31-33,35,44H,19-20,29-30H2. The van der Waals surface area contributed by atoms with Crippen LogP contribution in [-0.4, -0.2) is 9.13 Å². The molecule has 0 aliphatic heterocycles. The predicted octanol–water partition coefficient (Wildman–Crippen LogP) is 13.3. The summed E-state index contributed by atoms with van der Waals surface area (Å²) in [6.07, 6.45) is 5.61. The Balaban J connectivity index is 1.12. The Labute approximate surface area is 304 Å². The van der Waals surface area contributed by atoms with Crippen LogP contribution in [-0.2, 0) is 0 Å². The number of anilines is 3. The van der Waals surface area contributed by atoms with Gasteiger partial charge < -0.3 is 14.0 Å². The molecule has 0 saturated heterocycles. The molecule has 2 bridgehead atoms. The molecule has 250 valence electrons. The van der Waals surface area contributed by atoms with Crippen LogP contribution in [0.15, 0.2) is 170 Å². The molecule has 7 aromatic carbocycles. The Kier molecular flexibility index (Phi) is 6.70. The quantitative estimate of drug-likeness (QED) is 0.172. The summed E-state index contributed by atoms with van der Waals surface area (Å²) in [5.41, 5.74) is 12.2. The summed E-state index contributed by atoms with van der Waals surface area (Å²) >= 11 is 0. The Hall–Kier alpha value is -6.06. The molecule has 0 spiro atoms. The van der Waals surface area contributed by atoms with Gasteiger partial charge in [-0.2, -0.15) is 0 Å². The van der Waals surface area contributed by atoms with E-state index in [4.69, 9.17) is 0 Å². The number of fused-ring (bicyclic) bond motifs is 8. The number of nitrogens with zero attached hydrogens (tertiary/aromatic N) is 3. The van der Waals surface area contributed by atoms with Crippen LogP contribution in [0.2, 0.25) is 0 Å². The van der Waals surface area contributed by atoms with Gasteiger partial charge in [0, 0.05) is 50.0 Å². The maximum atomic E-state index is 2.46. The van der Waals surface area contributed by atoms with Crippen LogP contribution in [0.25, 0.3) is 55.0 Å². The first kappa shape index (κ1) is 29.6. The normalized spacial score (nSPS) is 18.3. The van der Waals surface area contributed by atoms with E-state index < -0.39 is 0 Å². The fourth-order valence-electron chi connectivity index (χ4n) is 9.88. The van der Waals surface area contributed by atoms with E-state index in [-0.39, 0.29) is 0 Å². The number of benzene rings is 7. The predicted molar refractivity (Wildman–Crippen MR) is 218 cm³/mol. The zero-order valence-corrected chi connectivity index (χ0v) is 29.1. The molecular weight excluding hydrogens is 631 g/mol. The lowest BCUT2D eigenvalue weighted by Gasteiger charge is -2.27. The lowest BCUT2D eigenvalue weighted by atomic mass is 9.83. The Bertz CT molecular complexity index is 2750. The highest BCUT2D eigenvalue weighted by atomic mass is 15.1. The molecule has 2 aromatic heterocycles. The molecule has 0 N–H and O–H groups in total. The van der Waals surface area contributed by atoms with Crippen molar-refractivity contribution in [1.82, 2.24) is 9.13 Å². The smallest absolute Gasteiger partial charge is 0.0561 e. The summed E-state index contributed by atoms with van der Waals surface area (Å²) in [5.74, 6) is 2.50. The largest absolute Gasteiger partial charge is 0.310 e. The molecule has 3 nitrogen and oxygen atoms in total. The molecule has 2 heterocycles. The lowest BCUT2D eigenvalue weighted by Crippen LogP contribution is -2.11. The van der Waals surface area contributed by atoms with Gasteiger partial charge in [-0.3, -0.25) is 0 Å². The van der Waals surface area contributed by atoms with Gasteiger partial charge in [-0.05, 0) is 121 Å². The van der Waals surface area contributed by atoms with Gasteiger partial charge in [0.25, 0.3) is 0 Å². The van der Waals surface area contributed by atoms with Crippen LogP contribution in [0.4, 0.5) is 17.1 Å². The van der Waals surface area contributed by atoms with Crippen molar-refractivity contribution < 1.29 is 0 Å². The number of hydrogen-bond acceptors (Lipinski definition) is 1. The maximum Gasteiger partial charge on any atom is 0.0561 e. The second kappa shape index (κ2) is 11.7. The minimum Gasteiger partial charge on any atom is -0.310 e. The van der Waals surface area contributed by atoms with Crippen LogP contribution >= 0.6 is 0 Å². The molecule has 11 rings (SSSR count). The van der Waals surface area contributed by atoms with Gasteiger partial charge in [0.1, 0.15) is 0 Å². The maximum absolute atomic E-state index is 2.46. The van der Waals surface area contributed by atoms with Gasteiger partial charge in [-0.25, -0.2) is 0 Å². The average molecular weight is 670 g/mol. The fraction of sp³-hybridized carbons (Fsp3) is 0.143. The van der Waals surface area contributed by atoms with Crippen molar-refractivity contribution in [2.45, 2.75) is 31.6 Å². The first-order chi connectivity index (χ1) is 25.8. The van der Waals surface area contributed by atoms with Gasteiger partial charge in [0.05, 0.1) is 22.1 Å². The van der Waals surface area contributed by atoms with Gasteiger partial charge in [0.2, 0.25) is 0 Å². The molecule has 9 aromatic rings. The topological polar surface area (TPSA) is 13.1 Å². The van der Waals surface area contributed by atoms with E-state index in [1.807, 2.05) is 0 Å². The third-order valence-electron chi connectivity index (χ3n) is 12.2. The van der Waals surface area contributed by atoms with Crippen molar-refractivity contribution in [2.24, 2.45) is 11.8 Å². The molecule has 0 radical (unpaired) electrons. The van der Waals surface area contributed by atoms with Crippen LogP contribution < -0.4 is 4.90 Å². The van der Waals surface area contributed by atoms with E-state index in [0.717, 1.165) is 23.2 Å². The van der Waals surface area contributed by atoms with Crippen molar-refractivity contribution in [2.75, 3.05) is 4.90 Å². The molecule has 0 amide bonds. The molecule has 3 heteroatoms. The zero-order valence-electron chi connectivity index (χ0n) is 29.1. The van der Waals surface area contributed by atoms with Crippen LogP contribution in [0.1, 0.15) is 37.2 Å². The molecule has 52 heavy (non-hydrogen) atoms. The molecule has 2 aliphatic carbocycles. The van der Waals surface area contributed by atoms with E-state index in [1.165, 1.54) is 91.9 Å². The fourth-order valence-corrected chi connectivity index (χ4v) is 9.88. The number of hydrogen-bond donors (Lipinski definition) is 0. The SMILES string of the molecule is c1ccc(-n2c3ccccc3c3cc(N(c4ccc(C5CC6CCC5C6)cc4)c4ccc5c6ccccc6n(-c6ccccc6)c5c4)ccc32)cc1. The molecular formula is C49H39N3. The molecule has 3 atom stereocenters. The Morgan fingerprint density at radius 3 is 1.60 bits per heavy atom. The number of para-hydroxylation sites is 4. The highest BCUT2D eigenvalue weighted by Crippen LogP contribution is 2.53. The van der Waals surface area contributed by atoms with Crippen LogP contribution in [0, 0.1) is 11.8 Å². The van der Waals surface area contributed by atoms with Crippen LogP contribution in [0.3, 0.4) is 0 Å². The van der Waals surface area contributed by atoms with Crippen LogP contribution in [0.5, 0.6) is 0 Å². The van der Waals surface area contributed by atoms with Crippen molar-refractivity contribution in [1.29, 1.82) is 0 Å². The van der Waals surface area contributed by atoms with Crippen molar-refractivity contribution >= 4 is 60.7 Å². The average Bonchev–Trinajstić information content (AvgIpc) is 3.99. The summed E-state index contributed by atoms with van der Waals surface area (Å²) in [7, 11) is 0. The highest BCUT2D eigenvalue weighted by molar-refractivity contribution is 6.12. The molecule has 2 fully saturated rings. The highest BCUT2D eigenvalue weighted by Gasteiger charge is 2.40. The van der Waals surface area contributed by atoms with E-state index in [2.05, 4.69) is 184 Å². The molecule has 2 aliphatic rings. The number of rotatable bonds is 6. The van der Waals surface area contributed by atoms with E-state index in [1.54, 1.807) is 0 Å². The van der Waals surface area contributed by atoms with E-state index in [9.17, 15) is 0 Å². The third-order valence-corrected chi connectivity index (χ3v) is 12.2. The van der Waals surface area contributed by atoms with Gasteiger partial charge in [-0.15, -0.1) is 0 Å². The second-order valence-corrected chi connectivity index (χ2v) is 15.0. The molecule has 2 saturated carbocycles. The second-order valence-electron chi connectivity index (χ2n) is 15.0. The molecule has 3 unspecified atom stereocenters. The van der Waals surface area contributed by atoms with Crippen molar-refractivity contribution in [3.05, 3.63) is 175 Å². The van der Waals surface area contributed by atoms with Gasteiger partial charge in [0.15, 0.2) is 0 Å². The Morgan fingerprint density at radius 1 is 0.404 bits per heavy atom. The lowest BCUT2D eigenvalue weighted by molar-refractivity contribution is 0.420. The number of aromatic nitrogens is 2. The first-order valence-corrected chi connectivity index (χ1v) is 18.9. The monoisotopic (exact) mass is 669 g/mol. The van der Waals surface area contributed by atoms with Gasteiger partial charge in [-0.1, -0.05) is 97.4 Å². The van der Waals surface area contributed by atoms with Crippen molar-refractivity contribution in [3.8, 4) is 11.4 Å². The summed E-state index contributed by atoms with van der Waals surface area (Å²) < 4.78 is 4.81. The van der Waals surface area contributed by atoms with Gasteiger partial charge >= 0.3 is 0 Å². The third kappa shape index (κ3) is 4.58. The van der Waals surface area contributed by atoms with E-state index >= 15 is 0 Å². The zero-order chi connectivity index (χ0) is 34.2. The minimum absolute atomic E-state index is 0.708. The summed E-state index contributed by atoms with van der Waals surface area (Å²) in [5, 5.41) is 5.04. The summed E-state index contributed by atoms with van der Waals surface area (Å²) in [4.78, 5) is 2.46. The van der Waals surface area contributed by atoms with Crippen molar-refractivity contribution in [3.63, 3.8) is 0 Å². The first-order valence-electron chi connectivity index (χ1n) is 18.9. The Morgan fingerprint density at radius 2 is 0.942 bits per heavy atom. The summed E-state index contributed by atoms with van der Waals surface area (Å²) in [6, 6.07) is 62.7. The summed E-state index contributed by atoms with van der Waals surface area (Å²) in [6.45, 7) is 0.